The number of benzene rings is 2. The highest BCUT2D eigenvalue weighted by Gasteiger charge is 1.96. The number of hydrogen-bond donors (Lipinski definition) is 0. The first-order valence-electron chi connectivity index (χ1n) is 6.85. The largest absolute Gasteiger partial charge is 0.0843 e. The van der Waals surface area contributed by atoms with Crippen LogP contribution in [0.25, 0.3) is 12.2 Å². The monoisotopic (exact) mass is 282 g/mol. The molecule has 0 aliphatic rings. The van der Waals surface area contributed by atoms with Crippen LogP contribution in [0.2, 0.25) is 5.02 Å². The zero-order chi connectivity index (χ0) is 14.4. The zero-order valence-electron chi connectivity index (χ0n) is 11.9. The summed E-state index contributed by atoms with van der Waals surface area (Å²) in [6, 6.07) is 16.5. The molecule has 0 N–H and O–H groups in total. The van der Waals surface area contributed by atoms with Crippen LogP contribution in [0, 0.1) is 0 Å². The van der Waals surface area contributed by atoms with Crippen LogP contribution in [0.3, 0.4) is 0 Å². The van der Waals surface area contributed by atoms with Gasteiger partial charge in [0.05, 0.1) is 0 Å². The van der Waals surface area contributed by atoms with Crippen LogP contribution in [-0.2, 0) is 0 Å². The fourth-order valence-electron chi connectivity index (χ4n) is 1.90. The molecule has 0 bridgehead atoms. The summed E-state index contributed by atoms with van der Waals surface area (Å²) in [5.74, 6) is 0.581. The van der Waals surface area contributed by atoms with Gasteiger partial charge in [-0.2, -0.15) is 0 Å². The SMILES string of the molecule is CC(C)c1ccc(C=CC=Cc2ccc(Cl)cc2)cc1. The molecule has 0 atom stereocenters. The molecule has 0 heterocycles. The van der Waals surface area contributed by atoms with Crippen molar-refractivity contribution >= 4 is 23.8 Å². The Balaban J connectivity index is 1.97. The predicted octanol–water partition coefficient (Wildman–Crippen LogP) is 6.19. The second kappa shape index (κ2) is 7.12. The highest BCUT2D eigenvalue weighted by atomic mass is 35.5. The minimum atomic E-state index is 0.581. The summed E-state index contributed by atoms with van der Waals surface area (Å²) in [4.78, 5) is 0. The van der Waals surface area contributed by atoms with E-state index >= 15 is 0 Å². The molecule has 0 saturated carbocycles. The maximum absolute atomic E-state index is 5.85. The molecule has 0 aliphatic carbocycles. The third-order valence-electron chi connectivity index (χ3n) is 3.16. The summed E-state index contributed by atoms with van der Waals surface area (Å²) in [7, 11) is 0. The molecule has 0 fully saturated rings. The first-order valence-corrected chi connectivity index (χ1v) is 7.23. The highest BCUT2D eigenvalue weighted by molar-refractivity contribution is 6.30. The van der Waals surface area contributed by atoms with Crippen molar-refractivity contribution in [1.82, 2.24) is 0 Å². The van der Waals surface area contributed by atoms with Gasteiger partial charge in [-0.25, -0.2) is 0 Å². The van der Waals surface area contributed by atoms with Crippen molar-refractivity contribution in [1.29, 1.82) is 0 Å². The first-order chi connectivity index (χ1) is 9.65. The van der Waals surface area contributed by atoms with Gasteiger partial charge in [0.1, 0.15) is 0 Å². The summed E-state index contributed by atoms with van der Waals surface area (Å²) < 4.78 is 0. The Kier molecular flexibility index (Phi) is 5.20. The van der Waals surface area contributed by atoms with Crippen LogP contribution in [0.5, 0.6) is 0 Å². The Morgan fingerprint density at radius 3 is 1.65 bits per heavy atom. The summed E-state index contributed by atoms with van der Waals surface area (Å²) >= 11 is 5.85. The zero-order valence-corrected chi connectivity index (χ0v) is 12.6. The number of allylic oxidation sites excluding steroid dienone is 2. The molecule has 20 heavy (non-hydrogen) atoms. The second-order valence-electron chi connectivity index (χ2n) is 5.09. The van der Waals surface area contributed by atoms with Gasteiger partial charge in [-0.05, 0) is 34.7 Å². The molecule has 0 radical (unpaired) electrons. The first kappa shape index (κ1) is 14.6. The average Bonchev–Trinajstić information content (AvgIpc) is 2.46. The van der Waals surface area contributed by atoms with Crippen molar-refractivity contribution in [2.24, 2.45) is 0 Å². The fourth-order valence-corrected chi connectivity index (χ4v) is 2.03. The number of rotatable bonds is 4. The van der Waals surface area contributed by atoms with E-state index in [2.05, 4.69) is 56.3 Å². The van der Waals surface area contributed by atoms with Gasteiger partial charge in [-0.1, -0.05) is 86.2 Å². The van der Waals surface area contributed by atoms with Gasteiger partial charge >= 0.3 is 0 Å². The van der Waals surface area contributed by atoms with Crippen molar-refractivity contribution in [2.75, 3.05) is 0 Å². The highest BCUT2D eigenvalue weighted by Crippen LogP contribution is 2.15. The maximum Gasteiger partial charge on any atom is 0.0406 e. The van der Waals surface area contributed by atoms with E-state index in [0.29, 0.717) is 5.92 Å². The van der Waals surface area contributed by atoms with Gasteiger partial charge in [0.2, 0.25) is 0 Å². The summed E-state index contributed by atoms with van der Waals surface area (Å²) in [6.07, 6.45) is 8.27. The van der Waals surface area contributed by atoms with Crippen LogP contribution >= 0.6 is 11.6 Å². The number of halogens is 1. The van der Waals surface area contributed by atoms with Crippen molar-refractivity contribution in [2.45, 2.75) is 19.8 Å². The molecule has 0 aliphatic heterocycles. The van der Waals surface area contributed by atoms with E-state index in [-0.39, 0.29) is 0 Å². The van der Waals surface area contributed by atoms with E-state index in [1.807, 2.05) is 30.3 Å². The van der Waals surface area contributed by atoms with Gasteiger partial charge < -0.3 is 0 Å². The molecule has 0 saturated heterocycles. The summed E-state index contributed by atoms with van der Waals surface area (Å²) in [5.41, 5.74) is 3.74. The van der Waals surface area contributed by atoms with E-state index in [4.69, 9.17) is 11.6 Å². The quantitative estimate of drug-likeness (QED) is 0.587. The molecule has 0 amide bonds. The molecule has 2 aromatic rings. The fraction of sp³-hybridized carbons (Fsp3) is 0.158. The third-order valence-corrected chi connectivity index (χ3v) is 3.41. The normalized spacial score (nSPS) is 11.8. The maximum atomic E-state index is 5.85. The van der Waals surface area contributed by atoms with Crippen molar-refractivity contribution in [3.05, 3.63) is 82.4 Å². The molecule has 0 spiro atoms. The van der Waals surface area contributed by atoms with Gasteiger partial charge in [0.15, 0.2) is 0 Å². The van der Waals surface area contributed by atoms with Crippen LogP contribution in [0.15, 0.2) is 60.7 Å². The summed E-state index contributed by atoms with van der Waals surface area (Å²) in [5, 5.41) is 0.767. The molecule has 0 nitrogen and oxygen atoms in total. The Hall–Kier alpha value is -1.79. The molecule has 1 heteroatoms. The molecular weight excluding hydrogens is 264 g/mol. The van der Waals surface area contributed by atoms with Gasteiger partial charge in [-0.3, -0.25) is 0 Å². The molecule has 2 rings (SSSR count). The van der Waals surface area contributed by atoms with Gasteiger partial charge in [-0.15, -0.1) is 0 Å². The van der Waals surface area contributed by atoms with E-state index < -0.39 is 0 Å². The standard InChI is InChI=1S/C19H19Cl/c1-15(2)18-11-7-16(8-12-18)5-3-4-6-17-9-13-19(20)14-10-17/h3-15H,1-2H3. The van der Waals surface area contributed by atoms with Crippen LogP contribution < -0.4 is 0 Å². The Bertz CT molecular complexity index is 587. The van der Waals surface area contributed by atoms with E-state index in [1.54, 1.807) is 0 Å². The lowest BCUT2D eigenvalue weighted by atomic mass is 10.0. The molecule has 0 unspecified atom stereocenters. The Morgan fingerprint density at radius 1 is 0.750 bits per heavy atom. The lowest BCUT2D eigenvalue weighted by molar-refractivity contribution is 0.866. The minimum Gasteiger partial charge on any atom is -0.0843 e. The van der Waals surface area contributed by atoms with Crippen molar-refractivity contribution in [3.8, 4) is 0 Å². The topological polar surface area (TPSA) is 0 Å². The van der Waals surface area contributed by atoms with Crippen LogP contribution in [0.4, 0.5) is 0 Å². The predicted molar refractivity (Wildman–Crippen MR) is 90.1 cm³/mol. The molecule has 2 aromatic carbocycles. The van der Waals surface area contributed by atoms with Crippen LogP contribution in [0.1, 0.15) is 36.5 Å². The number of hydrogen-bond acceptors (Lipinski definition) is 0. The Labute approximate surface area is 126 Å². The molecule has 0 aromatic heterocycles. The molecule has 102 valence electrons. The lowest BCUT2D eigenvalue weighted by Gasteiger charge is -2.04. The molecular formula is C19H19Cl. The minimum absolute atomic E-state index is 0.581. The van der Waals surface area contributed by atoms with Crippen molar-refractivity contribution < 1.29 is 0 Å². The van der Waals surface area contributed by atoms with E-state index in [1.165, 1.54) is 11.1 Å². The van der Waals surface area contributed by atoms with Gasteiger partial charge in [0, 0.05) is 5.02 Å². The Morgan fingerprint density at radius 2 is 1.20 bits per heavy atom. The van der Waals surface area contributed by atoms with E-state index in [9.17, 15) is 0 Å². The summed E-state index contributed by atoms with van der Waals surface area (Å²) in [6.45, 7) is 4.42. The van der Waals surface area contributed by atoms with E-state index in [0.717, 1.165) is 10.6 Å². The van der Waals surface area contributed by atoms with Crippen LogP contribution in [-0.4, -0.2) is 0 Å². The smallest absolute Gasteiger partial charge is 0.0406 e. The second-order valence-corrected chi connectivity index (χ2v) is 5.53. The van der Waals surface area contributed by atoms with Gasteiger partial charge in [0.25, 0.3) is 0 Å². The third kappa shape index (κ3) is 4.40. The van der Waals surface area contributed by atoms with Crippen molar-refractivity contribution in [3.63, 3.8) is 0 Å². The average molecular weight is 283 g/mol. The lowest BCUT2D eigenvalue weighted by Crippen LogP contribution is -1.85.